The quantitative estimate of drug-likeness (QED) is 0.578. The fourth-order valence-corrected chi connectivity index (χ4v) is 5.43. The molecule has 0 aliphatic carbocycles. The van der Waals surface area contributed by atoms with Gasteiger partial charge in [0.05, 0.1) is 6.54 Å². The number of fused-ring (bicyclic) bond motifs is 1. The van der Waals surface area contributed by atoms with Crippen LogP contribution in [0, 0.1) is 27.7 Å². The van der Waals surface area contributed by atoms with Gasteiger partial charge in [0, 0.05) is 56.1 Å². The molecule has 8 heteroatoms. The maximum Gasteiger partial charge on any atom is 0.276 e. The Kier molecular flexibility index (Phi) is 6.67. The molecule has 1 saturated heterocycles. The molecule has 2 aliphatic heterocycles. The summed E-state index contributed by atoms with van der Waals surface area (Å²) < 4.78 is 1.64. The highest BCUT2D eigenvalue weighted by Crippen LogP contribution is 2.29. The molecule has 0 unspecified atom stereocenters. The summed E-state index contributed by atoms with van der Waals surface area (Å²) >= 11 is 0. The predicted molar refractivity (Wildman–Crippen MR) is 147 cm³/mol. The van der Waals surface area contributed by atoms with Gasteiger partial charge >= 0.3 is 0 Å². The van der Waals surface area contributed by atoms with Crippen LogP contribution in [0.2, 0.25) is 0 Å². The van der Waals surface area contributed by atoms with Gasteiger partial charge in [-0.3, -0.25) is 14.3 Å². The van der Waals surface area contributed by atoms with Crippen molar-refractivity contribution in [3.63, 3.8) is 0 Å². The average molecular weight is 501 g/mol. The van der Waals surface area contributed by atoms with Gasteiger partial charge in [0.2, 0.25) is 5.91 Å². The topological polar surface area (TPSA) is 87.7 Å². The number of nitrogens with zero attached hydrogens (tertiary/aromatic N) is 5. The lowest BCUT2D eigenvalue weighted by atomic mass is 10.0. The number of piperazine rings is 1. The summed E-state index contributed by atoms with van der Waals surface area (Å²) in [5.74, 6) is 0.355. The van der Waals surface area contributed by atoms with E-state index in [-0.39, 0.29) is 18.2 Å². The molecule has 37 heavy (non-hydrogen) atoms. The number of anilines is 3. The highest BCUT2D eigenvalue weighted by atomic mass is 16.2. The minimum absolute atomic E-state index is 0.0814. The first-order valence-electron chi connectivity index (χ1n) is 13.1. The number of hydrogen-bond acceptors (Lipinski definition) is 5. The van der Waals surface area contributed by atoms with E-state index >= 15 is 0 Å². The molecule has 2 N–H and O–H groups in total. The summed E-state index contributed by atoms with van der Waals surface area (Å²) in [4.78, 5) is 32.6. The van der Waals surface area contributed by atoms with Crippen LogP contribution in [0.5, 0.6) is 0 Å². The third kappa shape index (κ3) is 4.80. The summed E-state index contributed by atoms with van der Waals surface area (Å²) in [5.41, 5.74) is 14.6. The van der Waals surface area contributed by atoms with E-state index in [1.54, 1.807) is 9.58 Å². The van der Waals surface area contributed by atoms with E-state index in [2.05, 4.69) is 42.9 Å². The number of rotatable bonds is 5. The van der Waals surface area contributed by atoms with E-state index in [0.717, 1.165) is 29.9 Å². The first-order valence-corrected chi connectivity index (χ1v) is 13.1. The van der Waals surface area contributed by atoms with E-state index in [9.17, 15) is 9.59 Å². The van der Waals surface area contributed by atoms with Gasteiger partial charge in [-0.1, -0.05) is 23.8 Å². The molecule has 1 fully saturated rings. The molecule has 5 rings (SSSR count). The van der Waals surface area contributed by atoms with Gasteiger partial charge < -0.3 is 20.4 Å². The van der Waals surface area contributed by atoms with Crippen molar-refractivity contribution in [1.29, 1.82) is 0 Å². The first kappa shape index (κ1) is 24.9. The van der Waals surface area contributed by atoms with E-state index in [1.165, 1.54) is 22.4 Å². The van der Waals surface area contributed by atoms with Crippen LogP contribution in [0.3, 0.4) is 0 Å². The Labute approximate surface area is 218 Å². The van der Waals surface area contributed by atoms with Crippen LogP contribution >= 0.6 is 0 Å². The lowest BCUT2D eigenvalue weighted by Crippen LogP contribution is -2.49. The molecule has 3 heterocycles. The Morgan fingerprint density at radius 1 is 0.919 bits per heavy atom. The number of aromatic nitrogens is 2. The van der Waals surface area contributed by atoms with Gasteiger partial charge in [-0.15, -0.1) is 0 Å². The lowest BCUT2D eigenvalue weighted by Gasteiger charge is -2.37. The van der Waals surface area contributed by atoms with Crippen LogP contribution in [0.1, 0.15) is 44.7 Å². The smallest absolute Gasteiger partial charge is 0.276 e. The average Bonchev–Trinajstić information content (AvgIpc) is 3.22. The molecule has 0 atom stereocenters. The van der Waals surface area contributed by atoms with E-state index < -0.39 is 0 Å². The zero-order valence-electron chi connectivity index (χ0n) is 22.3. The molecule has 0 saturated carbocycles. The molecule has 8 nitrogen and oxygen atoms in total. The summed E-state index contributed by atoms with van der Waals surface area (Å²) in [6.07, 6.45) is 0.933. The SMILES string of the molecule is Cc1ccc(N2CCc3c(N)nn(CCC(=O)N4CCN(c5cc(C)c(C)cc5C)CC4)c3C2=O)cc1. The third-order valence-electron chi connectivity index (χ3n) is 7.78. The fraction of sp³-hybridized carbons (Fsp3) is 0.414. The second-order valence-corrected chi connectivity index (χ2v) is 10.3. The van der Waals surface area contributed by atoms with Crippen molar-refractivity contribution in [3.05, 3.63) is 69.9 Å². The molecular formula is C29H36N6O2. The van der Waals surface area contributed by atoms with E-state index in [1.807, 2.05) is 36.1 Å². The van der Waals surface area contributed by atoms with Crippen molar-refractivity contribution < 1.29 is 9.59 Å². The minimum Gasteiger partial charge on any atom is -0.382 e. The first-order chi connectivity index (χ1) is 17.7. The van der Waals surface area contributed by atoms with Crippen molar-refractivity contribution in [2.75, 3.05) is 48.3 Å². The van der Waals surface area contributed by atoms with Gasteiger partial charge in [0.25, 0.3) is 5.91 Å². The van der Waals surface area contributed by atoms with Gasteiger partial charge in [0.15, 0.2) is 0 Å². The number of carbonyl (C=O) groups is 2. The van der Waals surface area contributed by atoms with E-state index in [0.29, 0.717) is 44.1 Å². The van der Waals surface area contributed by atoms with Crippen LogP contribution in [0.4, 0.5) is 17.2 Å². The van der Waals surface area contributed by atoms with Gasteiger partial charge in [-0.2, -0.15) is 5.10 Å². The van der Waals surface area contributed by atoms with Crippen LogP contribution in [0.25, 0.3) is 0 Å². The Hall–Kier alpha value is -3.81. The molecule has 2 aliphatic rings. The largest absolute Gasteiger partial charge is 0.382 e. The monoisotopic (exact) mass is 500 g/mol. The molecule has 1 aromatic heterocycles. The third-order valence-corrected chi connectivity index (χ3v) is 7.78. The Balaban J connectivity index is 1.23. The zero-order valence-corrected chi connectivity index (χ0v) is 22.3. The van der Waals surface area contributed by atoms with Crippen molar-refractivity contribution in [3.8, 4) is 0 Å². The summed E-state index contributed by atoms with van der Waals surface area (Å²) in [7, 11) is 0. The van der Waals surface area contributed by atoms with Gasteiger partial charge in [-0.05, 0) is 69.0 Å². The molecule has 3 aromatic rings. The second-order valence-electron chi connectivity index (χ2n) is 10.3. The number of benzene rings is 2. The Morgan fingerprint density at radius 2 is 1.59 bits per heavy atom. The maximum atomic E-state index is 13.4. The highest BCUT2D eigenvalue weighted by molar-refractivity contribution is 6.07. The number of nitrogens with two attached hydrogens (primary N) is 1. The van der Waals surface area contributed by atoms with Crippen LogP contribution in [0.15, 0.2) is 36.4 Å². The minimum atomic E-state index is -0.112. The zero-order chi connectivity index (χ0) is 26.3. The van der Waals surface area contributed by atoms with Crippen molar-refractivity contribution in [1.82, 2.24) is 14.7 Å². The van der Waals surface area contributed by atoms with Gasteiger partial charge in [-0.25, -0.2) is 0 Å². The molecule has 194 valence electrons. The summed E-state index contributed by atoms with van der Waals surface area (Å²) in [5, 5.41) is 4.45. The van der Waals surface area contributed by atoms with Crippen molar-refractivity contribution >= 4 is 29.0 Å². The van der Waals surface area contributed by atoms with Crippen LogP contribution in [-0.4, -0.2) is 59.2 Å². The van der Waals surface area contributed by atoms with Crippen LogP contribution in [-0.2, 0) is 17.8 Å². The van der Waals surface area contributed by atoms with E-state index in [4.69, 9.17) is 5.73 Å². The van der Waals surface area contributed by atoms with Crippen molar-refractivity contribution in [2.24, 2.45) is 0 Å². The Bertz CT molecular complexity index is 1340. The second kappa shape index (κ2) is 9.92. The summed E-state index contributed by atoms with van der Waals surface area (Å²) in [6.45, 7) is 12.3. The molecule has 0 radical (unpaired) electrons. The number of nitrogen functional groups attached to an aromatic ring is 1. The number of amides is 2. The molecule has 2 amide bonds. The Morgan fingerprint density at radius 3 is 2.30 bits per heavy atom. The maximum absolute atomic E-state index is 13.4. The van der Waals surface area contributed by atoms with Crippen molar-refractivity contribution in [2.45, 2.75) is 47.1 Å². The standard InChI is InChI=1S/C29H36N6O2/c1-19-5-7-23(8-6-19)34-11-9-24-27(29(34)37)35(31-28(24)30)12-10-26(36)33-15-13-32(14-16-33)25-18-21(3)20(2)17-22(25)4/h5-8,17-18H,9-16H2,1-4H3,(H2,30,31). The predicted octanol–water partition coefficient (Wildman–Crippen LogP) is 3.64. The fourth-order valence-electron chi connectivity index (χ4n) is 5.43. The number of carbonyl (C=O) groups excluding carboxylic acids is 2. The van der Waals surface area contributed by atoms with Gasteiger partial charge in [0.1, 0.15) is 11.5 Å². The normalized spacial score (nSPS) is 15.8. The molecule has 0 bridgehead atoms. The summed E-state index contributed by atoms with van der Waals surface area (Å²) in [6, 6.07) is 12.4. The molecule has 2 aromatic carbocycles. The lowest BCUT2D eigenvalue weighted by molar-refractivity contribution is -0.131. The highest BCUT2D eigenvalue weighted by Gasteiger charge is 2.32. The number of aryl methyl sites for hydroxylation is 5. The number of hydrogen-bond donors (Lipinski definition) is 1. The molecule has 0 spiro atoms. The molecular weight excluding hydrogens is 464 g/mol. The van der Waals surface area contributed by atoms with Crippen LogP contribution < -0.4 is 15.5 Å².